The highest BCUT2D eigenvalue weighted by Crippen LogP contribution is 2.20. The van der Waals surface area contributed by atoms with Gasteiger partial charge in [0, 0.05) is 6.08 Å². The Hall–Kier alpha value is -3.08. The van der Waals surface area contributed by atoms with Crippen LogP contribution in [0.15, 0.2) is 54.6 Å². The number of carbonyl (C=O) groups excluding carboxylic acids is 1. The number of carbonyl (C=O) groups is 2. The number of aliphatic carboxylic acids is 1. The quantitative estimate of drug-likeness (QED) is 0.625. The van der Waals surface area contributed by atoms with Gasteiger partial charge in [-0.05, 0) is 34.9 Å². The van der Waals surface area contributed by atoms with Gasteiger partial charge in [-0.3, -0.25) is 4.79 Å². The number of ether oxygens (including phenoxy) is 2. The molecule has 0 aliphatic carbocycles. The van der Waals surface area contributed by atoms with Gasteiger partial charge in [-0.1, -0.05) is 36.4 Å². The smallest absolute Gasteiger partial charge is 0.331 e. The average Bonchev–Trinajstić information content (AvgIpc) is 2.59. The molecule has 5 nitrogen and oxygen atoms in total. The number of carboxylic acid groups (broad SMARTS) is 1. The molecule has 0 spiro atoms. The average molecular weight is 326 g/mol. The normalized spacial score (nSPS) is 10.5. The van der Waals surface area contributed by atoms with Gasteiger partial charge in [0.25, 0.3) is 0 Å². The molecule has 124 valence electrons. The van der Waals surface area contributed by atoms with Gasteiger partial charge in [0.15, 0.2) is 0 Å². The molecule has 0 unspecified atom stereocenters. The summed E-state index contributed by atoms with van der Waals surface area (Å²) in [5.41, 5.74) is 2.09. The third-order valence-electron chi connectivity index (χ3n) is 3.32. The van der Waals surface area contributed by atoms with Crippen LogP contribution >= 0.6 is 0 Å². The van der Waals surface area contributed by atoms with Crippen molar-refractivity contribution >= 4 is 18.0 Å². The van der Waals surface area contributed by atoms with Crippen molar-refractivity contribution in [3.8, 4) is 5.75 Å². The highest BCUT2D eigenvalue weighted by atomic mass is 16.5. The molecule has 0 amide bonds. The number of methoxy groups -OCH3 is 1. The van der Waals surface area contributed by atoms with Crippen LogP contribution in [-0.4, -0.2) is 24.2 Å². The number of hydrogen-bond acceptors (Lipinski definition) is 4. The molecule has 5 heteroatoms. The molecule has 0 fully saturated rings. The Balaban J connectivity index is 2.06. The van der Waals surface area contributed by atoms with Crippen LogP contribution in [-0.2, 0) is 27.4 Å². The second-order valence-electron chi connectivity index (χ2n) is 5.06. The molecule has 0 bridgehead atoms. The van der Waals surface area contributed by atoms with E-state index in [0.29, 0.717) is 16.9 Å². The van der Waals surface area contributed by atoms with Gasteiger partial charge in [-0.25, -0.2) is 4.79 Å². The predicted molar refractivity (Wildman–Crippen MR) is 89.6 cm³/mol. The Morgan fingerprint density at radius 3 is 2.54 bits per heavy atom. The molecule has 2 aromatic rings. The van der Waals surface area contributed by atoms with E-state index in [9.17, 15) is 9.59 Å². The lowest BCUT2D eigenvalue weighted by Crippen LogP contribution is -2.03. The summed E-state index contributed by atoms with van der Waals surface area (Å²) in [4.78, 5) is 22.7. The fraction of sp³-hybridized carbons (Fsp3) is 0.158. The first-order valence-corrected chi connectivity index (χ1v) is 7.36. The lowest BCUT2D eigenvalue weighted by Gasteiger charge is -2.07. The van der Waals surface area contributed by atoms with Crippen molar-refractivity contribution in [1.29, 1.82) is 0 Å². The largest absolute Gasteiger partial charge is 0.497 e. The Labute approximate surface area is 140 Å². The number of benzene rings is 2. The molecular weight excluding hydrogens is 308 g/mol. The number of carboxylic acids is 1. The highest BCUT2D eigenvalue weighted by molar-refractivity contribution is 5.87. The van der Waals surface area contributed by atoms with Gasteiger partial charge in [-0.15, -0.1) is 0 Å². The molecule has 0 radical (unpaired) electrons. The summed E-state index contributed by atoms with van der Waals surface area (Å²) in [6.45, 7) is 0.185. The van der Waals surface area contributed by atoms with Crippen molar-refractivity contribution < 1.29 is 24.2 Å². The Morgan fingerprint density at radius 1 is 1.12 bits per heavy atom. The minimum Gasteiger partial charge on any atom is -0.497 e. The molecule has 0 saturated heterocycles. The lowest BCUT2D eigenvalue weighted by atomic mass is 10.0. The monoisotopic (exact) mass is 326 g/mol. The molecule has 0 atom stereocenters. The maximum Gasteiger partial charge on any atom is 0.331 e. The predicted octanol–water partition coefficient (Wildman–Crippen LogP) is 3.08. The molecule has 0 aliphatic heterocycles. The topological polar surface area (TPSA) is 72.8 Å². The molecule has 0 aromatic heterocycles. The molecule has 2 rings (SSSR count). The summed E-state index contributed by atoms with van der Waals surface area (Å²) in [7, 11) is 1.52. The summed E-state index contributed by atoms with van der Waals surface area (Å²) < 4.78 is 10.3. The van der Waals surface area contributed by atoms with Crippen LogP contribution in [0.2, 0.25) is 0 Å². The van der Waals surface area contributed by atoms with E-state index in [1.807, 2.05) is 30.3 Å². The first kappa shape index (κ1) is 17.3. The zero-order valence-corrected chi connectivity index (χ0v) is 13.3. The van der Waals surface area contributed by atoms with E-state index >= 15 is 0 Å². The minimum absolute atomic E-state index is 0.136. The van der Waals surface area contributed by atoms with Gasteiger partial charge in [0.2, 0.25) is 0 Å². The Bertz CT molecular complexity index is 735. The third-order valence-corrected chi connectivity index (χ3v) is 3.32. The van der Waals surface area contributed by atoms with E-state index in [1.54, 1.807) is 18.2 Å². The molecule has 0 saturated carbocycles. The number of esters is 1. The van der Waals surface area contributed by atoms with Crippen molar-refractivity contribution in [2.24, 2.45) is 0 Å². The van der Waals surface area contributed by atoms with Crippen molar-refractivity contribution in [3.05, 3.63) is 71.3 Å². The molecule has 0 aliphatic rings. The van der Waals surface area contributed by atoms with Gasteiger partial charge in [0.05, 0.1) is 13.5 Å². The Morgan fingerprint density at radius 2 is 1.88 bits per heavy atom. The summed E-state index contributed by atoms with van der Waals surface area (Å²) in [6, 6.07) is 14.4. The highest BCUT2D eigenvalue weighted by Gasteiger charge is 2.07. The standard InChI is InChI=1S/C19H18O5/c1-23-17-9-7-16(12-18(20)21)15(11-17)8-10-19(22)24-13-14-5-3-2-4-6-14/h2-11H,12-13H2,1H3,(H,20,21)/b10-8+. The van der Waals surface area contributed by atoms with E-state index in [1.165, 1.54) is 19.3 Å². The van der Waals surface area contributed by atoms with Crippen molar-refractivity contribution in [3.63, 3.8) is 0 Å². The molecule has 0 heterocycles. The zero-order valence-electron chi connectivity index (χ0n) is 13.3. The first-order valence-electron chi connectivity index (χ1n) is 7.36. The maximum absolute atomic E-state index is 11.8. The van der Waals surface area contributed by atoms with Gasteiger partial charge in [-0.2, -0.15) is 0 Å². The molecule has 1 N–H and O–H groups in total. The van der Waals surface area contributed by atoms with Gasteiger partial charge < -0.3 is 14.6 Å². The van der Waals surface area contributed by atoms with Crippen LogP contribution in [0.5, 0.6) is 5.75 Å². The van der Waals surface area contributed by atoms with Crippen LogP contribution < -0.4 is 4.74 Å². The van der Waals surface area contributed by atoms with Crippen molar-refractivity contribution in [1.82, 2.24) is 0 Å². The van der Waals surface area contributed by atoms with E-state index in [4.69, 9.17) is 14.6 Å². The number of rotatable bonds is 7. The van der Waals surface area contributed by atoms with Crippen molar-refractivity contribution in [2.75, 3.05) is 7.11 Å². The van der Waals surface area contributed by atoms with Crippen molar-refractivity contribution in [2.45, 2.75) is 13.0 Å². The van der Waals surface area contributed by atoms with E-state index < -0.39 is 11.9 Å². The third kappa shape index (κ3) is 5.28. The van der Waals surface area contributed by atoms with E-state index in [2.05, 4.69) is 0 Å². The van der Waals surface area contributed by atoms with Crippen LogP contribution in [0.3, 0.4) is 0 Å². The summed E-state index contributed by atoms with van der Waals surface area (Å²) in [5.74, 6) is -0.856. The summed E-state index contributed by atoms with van der Waals surface area (Å²) in [6.07, 6.45) is 2.68. The fourth-order valence-corrected chi connectivity index (χ4v) is 2.11. The SMILES string of the molecule is COc1ccc(CC(=O)O)c(/C=C/C(=O)OCc2ccccc2)c1. The minimum atomic E-state index is -0.943. The van der Waals surface area contributed by atoms with Gasteiger partial charge >= 0.3 is 11.9 Å². The zero-order chi connectivity index (χ0) is 17.4. The second kappa shape index (κ2) is 8.53. The van der Waals surface area contributed by atoms with E-state index in [0.717, 1.165) is 5.56 Å². The van der Waals surface area contributed by atoms with Crippen LogP contribution in [0.1, 0.15) is 16.7 Å². The van der Waals surface area contributed by atoms with E-state index in [-0.39, 0.29) is 13.0 Å². The van der Waals surface area contributed by atoms with Crippen LogP contribution in [0, 0.1) is 0 Å². The van der Waals surface area contributed by atoms with Crippen LogP contribution in [0.25, 0.3) is 6.08 Å². The molecular formula is C19H18O5. The van der Waals surface area contributed by atoms with Gasteiger partial charge in [0.1, 0.15) is 12.4 Å². The van der Waals surface area contributed by atoms with Crippen LogP contribution in [0.4, 0.5) is 0 Å². The summed E-state index contributed by atoms with van der Waals surface area (Å²) in [5, 5.41) is 8.96. The maximum atomic E-state index is 11.8. The first-order chi connectivity index (χ1) is 11.6. The second-order valence-corrected chi connectivity index (χ2v) is 5.06. The molecule has 2 aromatic carbocycles. The number of hydrogen-bond donors (Lipinski definition) is 1. The lowest BCUT2D eigenvalue weighted by molar-refractivity contribution is -0.139. The fourth-order valence-electron chi connectivity index (χ4n) is 2.11. The molecule has 24 heavy (non-hydrogen) atoms. The summed E-state index contributed by atoms with van der Waals surface area (Å²) >= 11 is 0. The Kier molecular flexibility index (Phi) is 6.14.